The van der Waals surface area contributed by atoms with Crippen molar-refractivity contribution >= 4 is 28.8 Å². The van der Waals surface area contributed by atoms with Gasteiger partial charge in [0.25, 0.3) is 0 Å². The number of aliphatic hydroxyl groups is 1. The van der Waals surface area contributed by atoms with Crippen LogP contribution in [-0.4, -0.2) is 57.7 Å². The zero-order chi connectivity index (χ0) is 25.0. The molecule has 7 nitrogen and oxygen atoms in total. The molecule has 0 spiro atoms. The van der Waals surface area contributed by atoms with E-state index in [1.54, 1.807) is 11.3 Å². The molecule has 34 heavy (non-hydrogen) atoms. The first kappa shape index (κ1) is 26.2. The third kappa shape index (κ3) is 6.17. The lowest BCUT2D eigenvalue weighted by molar-refractivity contribution is -0.145. The normalized spacial score (nSPS) is 19.3. The third-order valence-electron chi connectivity index (χ3n) is 6.56. The lowest BCUT2D eigenvalue weighted by Gasteiger charge is -2.34. The Morgan fingerprint density at radius 2 is 1.91 bits per heavy atom. The summed E-state index contributed by atoms with van der Waals surface area (Å²) in [6.07, 6.45) is 0.366. The van der Waals surface area contributed by atoms with Crippen molar-refractivity contribution < 1.29 is 19.5 Å². The van der Waals surface area contributed by atoms with E-state index in [-0.39, 0.29) is 49.8 Å². The number of aliphatic hydroxyl groups excluding tert-OH is 1. The maximum atomic E-state index is 13.4. The first-order valence-electron chi connectivity index (χ1n) is 11.7. The van der Waals surface area contributed by atoms with Crippen LogP contribution in [0.4, 0.5) is 0 Å². The molecule has 0 aliphatic carbocycles. The van der Waals surface area contributed by atoms with Crippen LogP contribution in [0.15, 0.2) is 29.8 Å². The van der Waals surface area contributed by atoms with Gasteiger partial charge in [0.15, 0.2) is 5.78 Å². The second-order valence-electron chi connectivity index (χ2n) is 10.2. The zero-order valence-corrected chi connectivity index (χ0v) is 21.2. The van der Waals surface area contributed by atoms with Crippen molar-refractivity contribution in [2.24, 2.45) is 17.1 Å². The average Bonchev–Trinajstić information content (AvgIpc) is 3.40. The lowest BCUT2D eigenvalue weighted by Crippen LogP contribution is -2.47. The molecule has 2 heterocycles. The molecule has 2 aromatic rings. The lowest BCUT2D eigenvalue weighted by atomic mass is 9.76. The highest BCUT2D eigenvalue weighted by molar-refractivity contribution is 7.13. The largest absolute Gasteiger partial charge is 0.391 e. The van der Waals surface area contributed by atoms with Crippen LogP contribution in [0.3, 0.4) is 0 Å². The highest BCUT2D eigenvalue weighted by Crippen LogP contribution is 2.34. The number of nitrogens with zero attached hydrogens (tertiary/aromatic N) is 2. The van der Waals surface area contributed by atoms with Gasteiger partial charge in [0.1, 0.15) is 5.78 Å². The fourth-order valence-electron chi connectivity index (χ4n) is 4.47. The van der Waals surface area contributed by atoms with E-state index in [0.717, 1.165) is 21.7 Å². The second-order valence-corrected chi connectivity index (χ2v) is 11.0. The maximum absolute atomic E-state index is 13.4. The summed E-state index contributed by atoms with van der Waals surface area (Å²) in [7, 11) is 0. The number of carbonyl (C=O) groups excluding carboxylic acids is 3. The van der Waals surface area contributed by atoms with Gasteiger partial charge in [0, 0.05) is 31.7 Å². The first-order valence-corrected chi connectivity index (χ1v) is 12.6. The number of benzene rings is 1. The molecule has 1 saturated heterocycles. The fourth-order valence-corrected chi connectivity index (χ4v) is 5.29. The van der Waals surface area contributed by atoms with Gasteiger partial charge < -0.3 is 15.7 Å². The van der Waals surface area contributed by atoms with Gasteiger partial charge in [-0.05, 0) is 29.9 Å². The maximum Gasteiger partial charge on any atom is 0.227 e. The van der Waals surface area contributed by atoms with Crippen molar-refractivity contribution in [3.05, 3.63) is 41.0 Å². The Balaban J connectivity index is 1.67. The van der Waals surface area contributed by atoms with E-state index >= 15 is 0 Å². The summed E-state index contributed by atoms with van der Waals surface area (Å²) in [5, 5.41) is 10.3. The highest BCUT2D eigenvalue weighted by atomic mass is 32.1. The van der Waals surface area contributed by atoms with Gasteiger partial charge in [0.2, 0.25) is 5.91 Å². The number of likely N-dealkylation sites (tertiary alicyclic amines) is 1. The van der Waals surface area contributed by atoms with E-state index in [2.05, 4.69) is 4.98 Å². The average molecular weight is 486 g/mol. The Bertz CT molecular complexity index is 1030. The van der Waals surface area contributed by atoms with Gasteiger partial charge in [-0.2, -0.15) is 0 Å². The predicted octanol–water partition coefficient (Wildman–Crippen LogP) is 3.16. The molecule has 3 atom stereocenters. The van der Waals surface area contributed by atoms with Gasteiger partial charge in [-0.15, -0.1) is 11.3 Å². The minimum absolute atomic E-state index is 0.0396. The Morgan fingerprint density at radius 1 is 1.24 bits per heavy atom. The molecule has 1 aliphatic heterocycles. The number of nitrogens with two attached hydrogens (primary N) is 1. The monoisotopic (exact) mass is 485 g/mol. The van der Waals surface area contributed by atoms with Crippen LogP contribution in [0.2, 0.25) is 0 Å². The first-order chi connectivity index (χ1) is 16.0. The topological polar surface area (TPSA) is 114 Å². The molecule has 1 aliphatic rings. The number of carbonyl (C=O) groups is 3. The Morgan fingerprint density at radius 3 is 2.47 bits per heavy atom. The quantitative estimate of drug-likeness (QED) is 0.564. The van der Waals surface area contributed by atoms with Gasteiger partial charge in [-0.25, -0.2) is 4.98 Å². The molecule has 3 rings (SSSR count). The van der Waals surface area contributed by atoms with E-state index in [1.807, 2.05) is 57.5 Å². The van der Waals surface area contributed by atoms with E-state index in [0.29, 0.717) is 6.42 Å². The number of rotatable bonds is 9. The Labute approximate surface area is 205 Å². The SMILES string of the molecule is Cc1ncsc1-c1ccc(CCC(=O)[C@@H]2C[C@@H](O)CN2C(=O)[C@@H](CC(=O)CN)C(C)(C)C)cc1. The van der Waals surface area contributed by atoms with E-state index in [4.69, 9.17) is 5.73 Å². The van der Waals surface area contributed by atoms with Crippen molar-refractivity contribution in [3.8, 4) is 10.4 Å². The number of Topliss-reactive ketones (excluding diaryl/α,β-unsaturated/α-hetero) is 2. The Hall–Kier alpha value is -2.42. The molecule has 1 aromatic heterocycles. The van der Waals surface area contributed by atoms with Crippen molar-refractivity contribution in [3.63, 3.8) is 0 Å². The van der Waals surface area contributed by atoms with Crippen LogP contribution in [0.1, 0.15) is 51.3 Å². The fraction of sp³-hybridized carbons (Fsp3) is 0.538. The summed E-state index contributed by atoms with van der Waals surface area (Å²) in [5.74, 6) is -1.10. The summed E-state index contributed by atoms with van der Waals surface area (Å²) in [6, 6.07) is 7.44. The van der Waals surface area contributed by atoms with E-state index in [1.165, 1.54) is 4.90 Å². The number of aryl methyl sites for hydroxylation is 2. The van der Waals surface area contributed by atoms with E-state index in [9.17, 15) is 19.5 Å². The molecule has 0 radical (unpaired) electrons. The molecule has 184 valence electrons. The molecule has 3 N–H and O–H groups in total. The van der Waals surface area contributed by atoms with Crippen LogP contribution in [0.25, 0.3) is 10.4 Å². The predicted molar refractivity (Wildman–Crippen MR) is 133 cm³/mol. The highest BCUT2D eigenvalue weighted by Gasteiger charge is 2.43. The summed E-state index contributed by atoms with van der Waals surface area (Å²) in [5.41, 5.74) is 9.98. The smallest absolute Gasteiger partial charge is 0.227 e. The van der Waals surface area contributed by atoms with Crippen molar-refractivity contribution in [2.75, 3.05) is 13.1 Å². The number of amides is 1. The van der Waals surface area contributed by atoms with Gasteiger partial charge in [0.05, 0.1) is 34.8 Å². The van der Waals surface area contributed by atoms with Crippen LogP contribution < -0.4 is 5.73 Å². The molecule has 1 amide bonds. The summed E-state index contributed by atoms with van der Waals surface area (Å²) >= 11 is 1.60. The number of thiazole rings is 1. The van der Waals surface area contributed by atoms with E-state index < -0.39 is 23.5 Å². The van der Waals surface area contributed by atoms with Gasteiger partial charge in [-0.1, -0.05) is 45.0 Å². The summed E-state index contributed by atoms with van der Waals surface area (Å²) < 4.78 is 0. The number of β-amino-alcohol motifs (C(OH)–C–C–N with tert-alkyl or cyclic N) is 1. The van der Waals surface area contributed by atoms with Crippen LogP contribution >= 0.6 is 11.3 Å². The molecule has 1 fully saturated rings. The minimum Gasteiger partial charge on any atom is -0.391 e. The van der Waals surface area contributed by atoms with Crippen molar-refractivity contribution in [1.29, 1.82) is 0 Å². The van der Waals surface area contributed by atoms with Crippen molar-refractivity contribution in [2.45, 2.75) is 65.5 Å². The van der Waals surface area contributed by atoms with Crippen molar-refractivity contribution in [1.82, 2.24) is 9.88 Å². The molecular formula is C26H35N3O4S. The third-order valence-corrected chi connectivity index (χ3v) is 7.54. The standard InChI is InChI=1S/C26H35N3O4S/c1-16-24(34-15-28-16)18-8-5-17(6-9-18)7-10-23(32)22-12-20(31)14-29(22)25(33)21(26(2,3)4)11-19(30)13-27/h5-6,8-9,15,20-22,31H,7,10-14,27H2,1-4H3/t20-,21-,22+/m1/s1. The molecule has 0 saturated carbocycles. The summed E-state index contributed by atoms with van der Waals surface area (Å²) in [4.78, 5) is 45.5. The Kier molecular flexibility index (Phi) is 8.38. The van der Waals surface area contributed by atoms with Gasteiger partial charge in [-0.3, -0.25) is 14.4 Å². The molecule has 0 bridgehead atoms. The molecule has 1 aromatic carbocycles. The number of aromatic nitrogens is 1. The molecular weight excluding hydrogens is 450 g/mol. The number of hydrogen-bond donors (Lipinski definition) is 2. The summed E-state index contributed by atoms with van der Waals surface area (Å²) in [6.45, 7) is 7.69. The zero-order valence-electron chi connectivity index (χ0n) is 20.4. The van der Waals surface area contributed by atoms with Crippen LogP contribution in [0, 0.1) is 18.3 Å². The minimum atomic E-state index is -0.745. The number of ketones is 2. The van der Waals surface area contributed by atoms with Crippen LogP contribution in [0.5, 0.6) is 0 Å². The number of hydrogen-bond acceptors (Lipinski definition) is 7. The molecule has 8 heteroatoms. The van der Waals surface area contributed by atoms with Crippen LogP contribution in [-0.2, 0) is 20.8 Å². The second kappa shape index (κ2) is 10.9. The van der Waals surface area contributed by atoms with Gasteiger partial charge >= 0.3 is 0 Å². The molecule has 0 unspecified atom stereocenters.